The van der Waals surface area contributed by atoms with Crippen LogP contribution in [0, 0.1) is 0 Å². The summed E-state index contributed by atoms with van der Waals surface area (Å²) in [5.41, 5.74) is 1.10. The van der Waals surface area contributed by atoms with Crippen LogP contribution in [0.5, 0.6) is 0 Å². The number of nitrogens with one attached hydrogen (secondary N) is 2. The summed E-state index contributed by atoms with van der Waals surface area (Å²) in [6, 6.07) is 12.6. The van der Waals surface area contributed by atoms with E-state index in [-0.39, 0.29) is 24.0 Å². The Morgan fingerprint density at radius 3 is 2.60 bits per heavy atom. The maximum atomic E-state index is 4.68. The minimum Gasteiger partial charge on any atom is -0.357 e. The Morgan fingerprint density at radius 1 is 1.24 bits per heavy atom. The summed E-state index contributed by atoms with van der Waals surface area (Å²) in [5.74, 6) is 0.874. The first kappa shape index (κ1) is 20.1. The van der Waals surface area contributed by atoms with Crippen molar-refractivity contribution in [1.29, 1.82) is 0 Å². The summed E-state index contributed by atoms with van der Waals surface area (Å²) in [7, 11) is 1.95. The number of aromatic nitrogens is 2. The summed E-state index contributed by atoms with van der Waals surface area (Å²) < 4.78 is 2.17. The quantitative estimate of drug-likeness (QED) is 0.369. The van der Waals surface area contributed by atoms with Crippen molar-refractivity contribution in [2.45, 2.75) is 36.0 Å². The molecule has 1 aromatic carbocycles. The molecule has 3 rings (SSSR count). The average Bonchev–Trinajstić information content (AvgIpc) is 3.23. The van der Waals surface area contributed by atoms with Crippen molar-refractivity contribution in [3.05, 3.63) is 48.3 Å². The highest BCUT2D eigenvalue weighted by molar-refractivity contribution is 14.0. The summed E-state index contributed by atoms with van der Waals surface area (Å²) in [5, 5.41) is 11.0. The van der Waals surface area contributed by atoms with E-state index in [1.165, 1.54) is 17.7 Å². The molecule has 0 aliphatic heterocycles. The fourth-order valence-corrected chi connectivity index (χ4v) is 3.74. The van der Waals surface area contributed by atoms with Gasteiger partial charge in [-0.05, 0) is 38.0 Å². The molecule has 1 heterocycles. The number of benzene rings is 1. The zero-order valence-corrected chi connectivity index (χ0v) is 17.9. The van der Waals surface area contributed by atoms with E-state index in [0.717, 1.165) is 24.7 Å². The van der Waals surface area contributed by atoms with Crippen LogP contribution in [0.1, 0.15) is 25.5 Å². The van der Waals surface area contributed by atoms with E-state index in [1.807, 2.05) is 29.6 Å². The van der Waals surface area contributed by atoms with Crippen LogP contribution in [0.3, 0.4) is 0 Å². The maximum Gasteiger partial charge on any atom is 0.191 e. The average molecular weight is 471 g/mol. The van der Waals surface area contributed by atoms with Gasteiger partial charge in [0.25, 0.3) is 0 Å². The lowest BCUT2D eigenvalue weighted by Gasteiger charge is -2.18. The van der Waals surface area contributed by atoms with Gasteiger partial charge in [0, 0.05) is 36.0 Å². The van der Waals surface area contributed by atoms with Crippen molar-refractivity contribution in [3.8, 4) is 0 Å². The number of hydrogen-bond acceptors (Lipinski definition) is 3. The van der Waals surface area contributed by atoms with Crippen LogP contribution < -0.4 is 10.6 Å². The van der Waals surface area contributed by atoms with Gasteiger partial charge in [-0.25, -0.2) is 4.99 Å². The highest BCUT2D eigenvalue weighted by Crippen LogP contribution is 2.51. The molecule has 2 aromatic rings. The van der Waals surface area contributed by atoms with E-state index in [4.69, 9.17) is 0 Å². The van der Waals surface area contributed by atoms with Crippen molar-refractivity contribution < 1.29 is 0 Å². The molecule has 0 radical (unpaired) electrons. The lowest BCUT2D eigenvalue weighted by Crippen LogP contribution is -2.41. The third kappa shape index (κ3) is 5.91. The van der Waals surface area contributed by atoms with Gasteiger partial charge in [0.1, 0.15) is 0 Å². The molecule has 1 fully saturated rings. The van der Waals surface area contributed by atoms with E-state index >= 15 is 0 Å². The zero-order chi connectivity index (χ0) is 16.8. The molecule has 0 atom stereocenters. The normalized spacial score (nSPS) is 15.4. The monoisotopic (exact) mass is 471 g/mol. The van der Waals surface area contributed by atoms with Crippen LogP contribution >= 0.6 is 35.7 Å². The number of thioether (sulfide) groups is 1. The molecule has 25 heavy (non-hydrogen) atoms. The van der Waals surface area contributed by atoms with Crippen LogP contribution in [0.25, 0.3) is 0 Å². The van der Waals surface area contributed by atoms with Crippen molar-refractivity contribution in [2.75, 3.05) is 13.1 Å². The largest absolute Gasteiger partial charge is 0.357 e. The SMILES string of the molecule is CCNC(=NCc1ccnn1C)NCC1(Sc2ccccc2)CC1.I. The zero-order valence-electron chi connectivity index (χ0n) is 14.7. The standard InChI is InChI=1S/C18H25N5S.HI/c1-3-19-17(20-13-15-9-12-22-23(15)2)21-14-18(10-11-18)24-16-7-5-4-6-8-16;/h4-9,12H,3,10-11,13-14H2,1-2H3,(H2,19,20,21);1H. The predicted octanol–water partition coefficient (Wildman–Crippen LogP) is 3.42. The second-order valence-electron chi connectivity index (χ2n) is 6.09. The first-order chi connectivity index (χ1) is 11.7. The van der Waals surface area contributed by atoms with Gasteiger partial charge in [0.05, 0.1) is 12.2 Å². The van der Waals surface area contributed by atoms with E-state index < -0.39 is 0 Å². The minimum atomic E-state index is 0. The molecule has 5 nitrogen and oxygen atoms in total. The maximum absolute atomic E-state index is 4.68. The highest BCUT2D eigenvalue weighted by atomic mass is 127. The molecule has 1 saturated carbocycles. The Labute approximate surface area is 171 Å². The van der Waals surface area contributed by atoms with E-state index in [0.29, 0.717) is 11.3 Å². The fraction of sp³-hybridized carbons (Fsp3) is 0.444. The molecule has 1 aliphatic rings. The van der Waals surface area contributed by atoms with Crippen LogP contribution in [-0.4, -0.2) is 33.6 Å². The number of rotatable bonds is 7. The summed E-state index contributed by atoms with van der Waals surface area (Å²) in [6.07, 6.45) is 4.31. The number of hydrogen-bond donors (Lipinski definition) is 2. The summed E-state index contributed by atoms with van der Waals surface area (Å²) in [4.78, 5) is 6.02. The molecule has 2 N–H and O–H groups in total. The lowest BCUT2D eigenvalue weighted by atomic mass is 10.4. The summed E-state index contributed by atoms with van der Waals surface area (Å²) in [6.45, 7) is 4.51. The molecule has 136 valence electrons. The number of halogens is 1. The molecule has 0 unspecified atom stereocenters. The predicted molar refractivity (Wildman–Crippen MR) is 116 cm³/mol. The molecule has 1 aromatic heterocycles. The van der Waals surface area contributed by atoms with E-state index in [2.05, 4.69) is 58.0 Å². The Morgan fingerprint density at radius 2 is 2.00 bits per heavy atom. The first-order valence-corrected chi connectivity index (χ1v) is 9.25. The Balaban J connectivity index is 0.00000225. The Bertz CT molecular complexity index is 682. The van der Waals surface area contributed by atoms with E-state index in [1.54, 1.807) is 6.20 Å². The van der Waals surface area contributed by atoms with Crippen LogP contribution in [0.4, 0.5) is 0 Å². The van der Waals surface area contributed by atoms with Crippen molar-refractivity contribution in [2.24, 2.45) is 12.0 Å². The van der Waals surface area contributed by atoms with Crippen molar-refractivity contribution in [3.63, 3.8) is 0 Å². The summed E-state index contributed by atoms with van der Waals surface area (Å²) >= 11 is 1.98. The second kappa shape index (κ2) is 9.47. The van der Waals surface area contributed by atoms with Gasteiger partial charge in [0.15, 0.2) is 5.96 Å². The van der Waals surface area contributed by atoms with Crippen LogP contribution in [0.2, 0.25) is 0 Å². The van der Waals surface area contributed by atoms with Gasteiger partial charge < -0.3 is 10.6 Å². The molecular weight excluding hydrogens is 445 g/mol. The van der Waals surface area contributed by atoms with Gasteiger partial charge in [0.2, 0.25) is 0 Å². The van der Waals surface area contributed by atoms with Gasteiger partial charge in [-0.15, -0.1) is 35.7 Å². The molecule has 0 spiro atoms. The highest BCUT2D eigenvalue weighted by Gasteiger charge is 2.43. The number of aliphatic imine (C=N–C) groups is 1. The number of nitrogens with zero attached hydrogens (tertiary/aromatic N) is 3. The van der Waals surface area contributed by atoms with Crippen LogP contribution in [0.15, 0.2) is 52.5 Å². The smallest absolute Gasteiger partial charge is 0.191 e. The topological polar surface area (TPSA) is 54.2 Å². The molecule has 7 heteroatoms. The van der Waals surface area contributed by atoms with Crippen LogP contribution in [-0.2, 0) is 13.6 Å². The number of aryl methyl sites for hydroxylation is 1. The number of guanidine groups is 1. The fourth-order valence-electron chi connectivity index (χ4n) is 2.50. The van der Waals surface area contributed by atoms with E-state index in [9.17, 15) is 0 Å². The van der Waals surface area contributed by atoms with Gasteiger partial charge in [-0.2, -0.15) is 5.10 Å². The lowest BCUT2D eigenvalue weighted by molar-refractivity contribution is 0.705. The Hall–Kier alpha value is -1.22. The first-order valence-electron chi connectivity index (χ1n) is 8.44. The third-order valence-corrected chi connectivity index (χ3v) is 5.62. The van der Waals surface area contributed by atoms with Crippen molar-refractivity contribution >= 4 is 41.7 Å². The molecule has 0 amide bonds. The minimum absolute atomic E-state index is 0. The third-order valence-electron chi connectivity index (χ3n) is 4.13. The van der Waals surface area contributed by atoms with Gasteiger partial charge in [-0.1, -0.05) is 18.2 Å². The second-order valence-corrected chi connectivity index (χ2v) is 7.63. The van der Waals surface area contributed by atoms with Crippen molar-refractivity contribution in [1.82, 2.24) is 20.4 Å². The van der Waals surface area contributed by atoms with Gasteiger partial charge >= 0.3 is 0 Å². The molecule has 1 aliphatic carbocycles. The molecule has 0 bridgehead atoms. The Kier molecular flexibility index (Phi) is 7.61. The molecule has 0 saturated heterocycles. The van der Waals surface area contributed by atoms with Gasteiger partial charge in [-0.3, -0.25) is 4.68 Å². The molecular formula is C18H26IN5S.